The third kappa shape index (κ3) is 11.0. The minimum Gasteiger partial charge on any atom is -0.442 e. The zero-order chi connectivity index (χ0) is 36.9. The summed E-state index contributed by atoms with van der Waals surface area (Å²) in [5.41, 5.74) is 6.17. The Labute approximate surface area is 300 Å². The first kappa shape index (κ1) is 40.3. The largest absolute Gasteiger partial charge is 0.442 e. The number of ether oxygens (including phenoxy) is 4. The van der Waals surface area contributed by atoms with Gasteiger partial charge in [-0.25, -0.2) is 4.79 Å². The van der Waals surface area contributed by atoms with Gasteiger partial charge in [0.1, 0.15) is 23.9 Å². The van der Waals surface area contributed by atoms with Gasteiger partial charge in [-0.05, 0) is 83.0 Å². The molecule has 4 aliphatic rings. The molecule has 0 aromatic heterocycles. The Hall–Kier alpha value is -2.51. The molecule has 4 fully saturated rings. The highest BCUT2D eigenvalue weighted by Gasteiger charge is 2.61. The number of epoxide rings is 1. The van der Waals surface area contributed by atoms with Gasteiger partial charge in [-0.15, -0.1) is 0 Å². The molecule has 0 bridgehead atoms. The number of likely N-dealkylation sites (tertiary alicyclic amines) is 1. The molecule has 50 heavy (non-hydrogen) atoms. The fraction of sp³-hybridized carbons (Fsp3) is 0.763. The van der Waals surface area contributed by atoms with Crippen molar-refractivity contribution >= 4 is 26.2 Å². The van der Waals surface area contributed by atoms with Gasteiger partial charge in [0, 0.05) is 25.6 Å². The number of carbonyl (C=O) groups is 3. The van der Waals surface area contributed by atoms with Crippen LogP contribution in [0.2, 0.25) is 18.1 Å². The topological polar surface area (TPSA) is 142 Å². The molecule has 3 N–H and O–H groups in total. The SMILES string of the molecule is CC(/C=C/[C@H]1O[C@H](CC(N)=O)C[C@@]2(CO2)[C@@H]1O[Si](C)(C)C(C)(C)C)=C\C[C@@H]1O[C@H](C)[C@H](NC(=O)C=CC(C)OC(=O)N2CCCCC2)C[C@@H]1C. The van der Waals surface area contributed by atoms with Gasteiger partial charge in [0.05, 0.1) is 37.4 Å². The second-order valence-electron chi connectivity index (χ2n) is 16.5. The number of carbonyl (C=O) groups excluding carboxylic acids is 3. The van der Waals surface area contributed by atoms with Crippen molar-refractivity contribution in [2.45, 2.75) is 160 Å². The van der Waals surface area contributed by atoms with Crippen LogP contribution in [-0.2, 0) is 33.0 Å². The quantitative estimate of drug-likeness (QED) is 0.109. The average Bonchev–Trinajstić information content (AvgIpc) is 3.80. The molecule has 12 heteroatoms. The number of primary amides is 1. The maximum Gasteiger partial charge on any atom is 0.410 e. The number of hydrogen-bond donors (Lipinski definition) is 2. The summed E-state index contributed by atoms with van der Waals surface area (Å²) < 4.78 is 31.3. The summed E-state index contributed by atoms with van der Waals surface area (Å²) in [6, 6.07) is -0.124. The number of allylic oxidation sites excluding steroid dienone is 2. The predicted molar refractivity (Wildman–Crippen MR) is 196 cm³/mol. The molecule has 4 rings (SSSR count). The van der Waals surface area contributed by atoms with Crippen molar-refractivity contribution in [2.75, 3.05) is 19.7 Å². The second kappa shape index (κ2) is 16.9. The molecular weight excluding hydrogens is 655 g/mol. The number of nitrogens with zero attached hydrogens (tertiary/aromatic N) is 1. The van der Waals surface area contributed by atoms with Gasteiger partial charge in [-0.3, -0.25) is 9.59 Å². The summed E-state index contributed by atoms with van der Waals surface area (Å²) in [5, 5.41) is 3.10. The lowest BCUT2D eigenvalue weighted by Gasteiger charge is -2.46. The summed E-state index contributed by atoms with van der Waals surface area (Å²) in [7, 11) is -2.15. The molecule has 3 amide bonds. The van der Waals surface area contributed by atoms with Crippen LogP contribution in [0, 0.1) is 5.92 Å². The first-order chi connectivity index (χ1) is 23.4. The molecule has 0 radical (unpaired) electrons. The molecule has 4 aliphatic heterocycles. The van der Waals surface area contributed by atoms with Crippen LogP contribution >= 0.6 is 0 Å². The maximum atomic E-state index is 12.8. The van der Waals surface area contributed by atoms with Gasteiger partial charge < -0.3 is 39.3 Å². The van der Waals surface area contributed by atoms with Crippen molar-refractivity contribution in [2.24, 2.45) is 11.7 Å². The summed E-state index contributed by atoms with van der Waals surface area (Å²) >= 11 is 0. The Kier molecular flexibility index (Phi) is 13.6. The van der Waals surface area contributed by atoms with E-state index < -0.39 is 20.0 Å². The summed E-state index contributed by atoms with van der Waals surface area (Å²) in [5.74, 6) is -0.388. The minimum atomic E-state index is -2.15. The fourth-order valence-corrected chi connectivity index (χ4v) is 8.15. The van der Waals surface area contributed by atoms with Crippen molar-refractivity contribution in [3.05, 3.63) is 36.0 Å². The highest BCUT2D eigenvalue weighted by molar-refractivity contribution is 6.74. The Morgan fingerprint density at radius 2 is 1.78 bits per heavy atom. The molecular formula is C38H63N3O8Si. The van der Waals surface area contributed by atoms with E-state index in [1.54, 1.807) is 17.9 Å². The zero-order valence-electron chi connectivity index (χ0n) is 31.9. The van der Waals surface area contributed by atoms with Gasteiger partial charge in [0.2, 0.25) is 11.8 Å². The monoisotopic (exact) mass is 717 g/mol. The first-order valence-corrected chi connectivity index (χ1v) is 21.5. The molecule has 0 aromatic carbocycles. The molecule has 0 aliphatic carbocycles. The molecule has 1 unspecified atom stereocenters. The van der Waals surface area contributed by atoms with Gasteiger partial charge >= 0.3 is 6.09 Å². The lowest BCUT2D eigenvalue weighted by molar-refractivity contribution is -0.140. The molecule has 4 saturated heterocycles. The van der Waals surface area contributed by atoms with Crippen molar-refractivity contribution in [1.29, 1.82) is 0 Å². The Morgan fingerprint density at radius 1 is 1.10 bits per heavy atom. The van der Waals surface area contributed by atoms with Crippen LogP contribution in [-0.4, -0.2) is 99.1 Å². The lowest BCUT2D eigenvalue weighted by Crippen LogP contribution is -2.57. The standard InChI is InChI=1S/C38H63N3O8Si/c1-25(14-17-32-35(49-50(8,9)37(5,6)7)38(24-45-38)23-29(48-32)22-33(39)42)13-16-31-26(2)21-30(28(4)47-31)40-34(43)18-15-27(3)46-36(44)41-19-11-10-12-20-41/h13-15,17-18,26-32,35H,10-12,16,19-24H2,1-9H3,(H2,39,42)(H,40,43)/b17-14+,18-15?,25-13+/t26-,27?,28+,29+,30+,31-,32+,35+,38+/m0/s1. The third-order valence-electron chi connectivity index (χ3n) is 11.1. The second-order valence-corrected chi connectivity index (χ2v) is 21.3. The van der Waals surface area contributed by atoms with Crippen molar-refractivity contribution in [3.63, 3.8) is 0 Å². The highest BCUT2D eigenvalue weighted by Crippen LogP contribution is 2.48. The van der Waals surface area contributed by atoms with Crippen molar-refractivity contribution in [1.82, 2.24) is 10.2 Å². The number of piperidine rings is 1. The third-order valence-corrected chi connectivity index (χ3v) is 15.6. The number of nitrogens with two attached hydrogens (primary N) is 1. The van der Waals surface area contributed by atoms with E-state index in [1.165, 1.54) is 6.08 Å². The summed E-state index contributed by atoms with van der Waals surface area (Å²) in [4.78, 5) is 38.6. The van der Waals surface area contributed by atoms with E-state index in [9.17, 15) is 14.4 Å². The summed E-state index contributed by atoms with van der Waals surface area (Å²) in [6.45, 7) is 21.1. The van der Waals surface area contributed by atoms with E-state index in [0.29, 0.717) is 13.0 Å². The number of rotatable bonds is 12. The Balaban J connectivity index is 1.31. The van der Waals surface area contributed by atoms with E-state index in [2.05, 4.69) is 65.2 Å². The van der Waals surface area contributed by atoms with Crippen LogP contribution in [0.4, 0.5) is 4.79 Å². The fourth-order valence-electron chi connectivity index (χ4n) is 6.81. The number of nitrogens with one attached hydrogen (secondary N) is 1. The van der Waals surface area contributed by atoms with Crippen LogP contribution < -0.4 is 11.1 Å². The molecule has 11 nitrogen and oxygen atoms in total. The lowest BCUT2D eigenvalue weighted by atomic mass is 9.87. The van der Waals surface area contributed by atoms with Gasteiger partial charge in [-0.2, -0.15) is 0 Å². The van der Waals surface area contributed by atoms with E-state index in [0.717, 1.165) is 50.8 Å². The first-order valence-electron chi connectivity index (χ1n) is 18.6. The molecule has 9 atom stereocenters. The van der Waals surface area contributed by atoms with Crippen molar-refractivity contribution in [3.8, 4) is 0 Å². The van der Waals surface area contributed by atoms with Crippen molar-refractivity contribution < 1.29 is 37.8 Å². The molecule has 282 valence electrons. The Morgan fingerprint density at radius 3 is 2.40 bits per heavy atom. The van der Waals surface area contributed by atoms with E-state index in [4.69, 9.17) is 29.1 Å². The van der Waals surface area contributed by atoms with Gasteiger partial charge in [-0.1, -0.05) is 51.5 Å². The predicted octanol–water partition coefficient (Wildman–Crippen LogP) is 5.94. The molecule has 1 spiro atoms. The van der Waals surface area contributed by atoms with Crippen LogP contribution in [0.15, 0.2) is 36.0 Å². The smallest absolute Gasteiger partial charge is 0.410 e. The average molecular weight is 718 g/mol. The molecule has 0 saturated carbocycles. The highest BCUT2D eigenvalue weighted by atomic mass is 28.4. The summed E-state index contributed by atoms with van der Waals surface area (Å²) in [6.07, 6.45) is 12.8. The van der Waals surface area contributed by atoms with Crippen LogP contribution in [0.1, 0.15) is 93.4 Å². The zero-order valence-corrected chi connectivity index (χ0v) is 32.9. The van der Waals surface area contributed by atoms with Gasteiger partial charge in [0.15, 0.2) is 8.32 Å². The normalized spacial score (nSPS) is 33.1. The van der Waals surface area contributed by atoms with Crippen LogP contribution in [0.5, 0.6) is 0 Å². The number of hydrogen-bond acceptors (Lipinski definition) is 8. The van der Waals surface area contributed by atoms with E-state index >= 15 is 0 Å². The van der Waals surface area contributed by atoms with E-state index in [-0.39, 0.29) is 71.8 Å². The molecule has 4 heterocycles. The van der Waals surface area contributed by atoms with Crippen LogP contribution in [0.3, 0.4) is 0 Å². The van der Waals surface area contributed by atoms with E-state index in [1.807, 2.05) is 13.0 Å². The minimum absolute atomic E-state index is 0.00921. The number of amides is 3. The van der Waals surface area contributed by atoms with Gasteiger partial charge in [0.25, 0.3) is 0 Å². The Bertz CT molecular complexity index is 1280. The van der Waals surface area contributed by atoms with Crippen LogP contribution in [0.25, 0.3) is 0 Å². The molecule has 0 aromatic rings. The maximum absolute atomic E-state index is 12.8.